The number of carbonyl (C=O) groups is 1. The van der Waals surface area contributed by atoms with Gasteiger partial charge in [-0.1, -0.05) is 0 Å². The van der Waals surface area contributed by atoms with Crippen molar-refractivity contribution in [1.29, 1.82) is 0 Å². The standard InChI is InChI=1S/C5H11NO2S.2H3N.Zn/c1-9-3-2-4(6)5(7)8;;;/h4H,2-3,6H2,1H3,(H,7,8);2*1H3;. The van der Waals surface area contributed by atoms with Crippen molar-refractivity contribution in [3.05, 3.63) is 0 Å². The number of hydrogen-bond acceptors (Lipinski definition) is 5. The van der Waals surface area contributed by atoms with Crippen molar-refractivity contribution in [3.8, 4) is 0 Å². The Kier molecular flexibility index (Phi) is 26.4. The van der Waals surface area contributed by atoms with Gasteiger partial charge in [-0.15, -0.1) is 0 Å². The SMILES string of the molecule is CSCCC(N)C(=O)O.N.N.[Zn]. The molecule has 72 valence electrons. The number of carboxylic acids is 1. The van der Waals surface area contributed by atoms with Gasteiger partial charge in [0.2, 0.25) is 0 Å². The van der Waals surface area contributed by atoms with E-state index in [1.807, 2.05) is 6.26 Å². The summed E-state index contributed by atoms with van der Waals surface area (Å²) >= 11 is 1.60. The molecule has 0 heterocycles. The Balaban J connectivity index is -0.000000107. The molecule has 0 fully saturated rings. The Morgan fingerprint density at radius 2 is 2.00 bits per heavy atom. The molecule has 7 heteroatoms. The van der Waals surface area contributed by atoms with E-state index >= 15 is 0 Å². The normalized spacial score (nSPS) is 9.83. The number of hydrogen-bond donors (Lipinski definition) is 4. The molecule has 0 spiro atoms. The van der Waals surface area contributed by atoms with Crippen LogP contribution in [0.3, 0.4) is 0 Å². The van der Waals surface area contributed by atoms with Gasteiger partial charge < -0.3 is 23.1 Å². The van der Waals surface area contributed by atoms with Crippen molar-refractivity contribution in [2.75, 3.05) is 12.0 Å². The second-order valence-corrected chi connectivity index (χ2v) is 2.71. The van der Waals surface area contributed by atoms with Crippen molar-refractivity contribution in [3.63, 3.8) is 0 Å². The summed E-state index contributed by atoms with van der Waals surface area (Å²) in [5.41, 5.74) is 5.19. The van der Waals surface area contributed by atoms with E-state index in [4.69, 9.17) is 10.8 Å². The van der Waals surface area contributed by atoms with Crippen LogP contribution in [0.5, 0.6) is 0 Å². The predicted octanol–water partition coefficient (Wildman–Crippen LogP) is 0.473. The summed E-state index contributed by atoms with van der Waals surface area (Å²) in [4.78, 5) is 10.1. The quantitative estimate of drug-likeness (QED) is 0.535. The summed E-state index contributed by atoms with van der Waals surface area (Å²) in [6.45, 7) is 0. The van der Waals surface area contributed by atoms with E-state index in [9.17, 15) is 4.79 Å². The van der Waals surface area contributed by atoms with Crippen molar-refractivity contribution in [1.82, 2.24) is 12.3 Å². The molecule has 0 aromatic heterocycles. The van der Waals surface area contributed by atoms with Crippen LogP contribution in [-0.2, 0) is 24.3 Å². The molecular formula is C5H17N3O2SZn. The van der Waals surface area contributed by atoms with E-state index in [1.165, 1.54) is 0 Å². The first kappa shape index (κ1) is 22.8. The predicted molar refractivity (Wildman–Crippen MR) is 48.7 cm³/mol. The third kappa shape index (κ3) is 13.0. The first-order chi connectivity index (χ1) is 4.18. The van der Waals surface area contributed by atoms with Gasteiger partial charge >= 0.3 is 5.97 Å². The average molecular weight is 249 g/mol. The average Bonchev–Trinajstić information content (AvgIpc) is 1.82. The summed E-state index contributed by atoms with van der Waals surface area (Å²) in [7, 11) is 0. The second kappa shape index (κ2) is 13.9. The van der Waals surface area contributed by atoms with E-state index in [-0.39, 0.29) is 31.8 Å². The van der Waals surface area contributed by atoms with E-state index in [0.717, 1.165) is 5.75 Å². The molecule has 1 atom stereocenters. The van der Waals surface area contributed by atoms with Gasteiger partial charge in [-0.05, 0) is 18.4 Å². The number of thioether (sulfide) groups is 1. The van der Waals surface area contributed by atoms with E-state index in [2.05, 4.69) is 0 Å². The fourth-order valence-corrected chi connectivity index (χ4v) is 0.858. The third-order valence-electron chi connectivity index (χ3n) is 0.950. The number of nitrogens with two attached hydrogens (primary N) is 1. The van der Waals surface area contributed by atoms with E-state index in [1.54, 1.807) is 11.8 Å². The molecule has 12 heavy (non-hydrogen) atoms. The van der Waals surface area contributed by atoms with Gasteiger partial charge in [0.1, 0.15) is 6.04 Å². The molecule has 0 rings (SSSR count). The molecule has 0 aliphatic rings. The summed E-state index contributed by atoms with van der Waals surface area (Å²) in [6.07, 6.45) is 2.48. The van der Waals surface area contributed by atoms with Gasteiger partial charge in [0.15, 0.2) is 0 Å². The summed E-state index contributed by atoms with van der Waals surface area (Å²) in [6, 6.07) is -0.683. The van der Waals surface area contributed by atoms with E-state index < -0.39 is 12.0 Å². The fourth-order valence-electron chi connectivity index (χ4n) is 0.368. The minimum atomic E-state index is -0.913. The van der Waals surface area contributed by atoms with Crippen molar-refractivity contribution in [2.45, 2.75) is 12.5 Å². The van der Waals surface area contributed by atoms with Crippen LogP contribution in [0.4, 0.5) is 0 Å². The van der Waals surface area contributed by atoms with Crippen LogP contribution in [-0.4, -0.2) is 29.1 Å². The third-order valence-corrected chi connectivity index (χ3v) is 1.59. The van der Waals surface area contributed by atoms with Crippen LogP contribution in [0.15, 0.2) is 0 Å². The molecule has 0 amide bonds. The van der Waals surface area contributed by atoms with Crippen molar-refractivity contribution >= 4 is 17.7 Å². The molecule has 1 unspecified atom stereocenters. The van der Waals surface area contributed by atoms with Crippen LogP contribution in [0.1, 0.15) is 6.42 Å². The Hall–Kier alpha value is 0.323. The minimum Gasteiger partial charge on any atom is -0.480 e. The molecule has 0 aromatic rings. The molecule has 0 saturated heterocycles. The molecule has 0 bridgehead atoms. The van der Waals surface area contributed by atoms with Gasteiger partial charge in [0.05, 0.1) is 0 Å². The molecular weight excluding hydrogens is 232 g/mol. The van der Waals surface area contributed by atoms with Gasteiger partial charge in [-0.2, -0.15) is 11.8 Å². The number of rotatable bonds is 4. The van der Waals surface area contributed by atoms with E-state index in [0.29, 0.717) is 6.42 Å². The molecule has 5 nitrogen and oxygen atoms in total. The van der Waals surface area contributed by atoms with Crippen molar-refractivity contribution < 1.29 is 29.4 Å². The van der Waals surface area contributed by atoms with Gasteiger partial charge in [0.25, 0.3) is 0 Å². The number of carboxylic acid groups (broad SMARTS) is 1. The maximum atomic E-state index is 10.1. The maximum Gasteiger partial charge on any atom is 0.320 e. The number of aliphatic carboxylic acids is 1. The summed E-state index contributed by atoms with van der Waals surface area (Å²) < 4.78 is 0. The zero-order valence-electron chi connectivity index (χ0n) is 7.45. The maximum absolute atomic E-state index is 10.1. The summed E-state index contributed by atoms with van der Waals surface area (Å²) in [5.74, 6) is -0.1000. The Bertz CT molecular complexity index is 107. The van der Waals surface area contributed by atoms with Crippen molar-refractivity contribution in [2.24, 2.45) is 5.73 Å². The van der Waals surface area contributed by atoms with Gasteiger partial charge in [0, 0.05) is 19.5 Å². The Labute approximate surface area is 89.8 Å². The Morgan fingerprint density at radius 1 is 1.58 bits per heavy atom. The second-order valence-electron chi connectivity index (χ2n) is 1.73. The van der Waals surface area contributed by atoms with Crippen LogP contribution < -0.4 is 18.0 Å². The molecule has 9 N–H and O–H groups in total. The first-order valence-electron chi connectivity index (χ1n) is 2.65. The van der Waals surface area contributed by atoms with Crippen LogP contribution >= 0.6 is 11.8 Å². The van der Waals surface area contributed by atoms with Crippen LogP contribution in [0.2, 0.25) is 0 Å². The first-order valence-corrected chi connectivity index (χ1v) is 4.05. The van der Waals surface area contributed by atoms with Gasteiger partial charge in [-0.3, -0.25) is 4.79 Å². The molecule has 0 radical (unpaired) electrons. The minimum absolute atomic E-state index is 0. The summed E-state index contributed by atoms with van der Waals surface area (Å²) in [5, 5.41) is 8.27. The molecule has 0 aromatic carbocycles. The monoisotopic (exact) mass is 247 g/mol. The fraction of sp³-hybridized carbons (Fsp3) is 0.800. The zero-order valence-corrected chi connectivity index (χ0v) is 11.2. The van der Waals surface area contributed by atoms with Gasteiger partial charge in [-0.25, -0.2) is 0 Å². The Morgan fingerprint density at radius 3 is 2.25 bits per heavy atom. The molecule has 0 saturated carbocycles. The molecule has 0 aliphatic heterocycles. The zero-order chi connectivity index (χ0) is 7.28. The topological polar surface area (TPSA) is 133 Å². The van der Waals surface area contributed by atoms with Crippen LogP contribution in [0, 0.1) is 0 Å². The smallest absolute Gasteiger partial charge is 0.320 e. The van der Waals surface area contributed by atoms with Crippen LogP contribution in [0.25, 0.3) is 0 Å². The molecule has 0 aliphatic carbocycles. The largest absolute Gasteiger partial charge is 0.480 e.